The van der Waals surface area contributed by atoms with E-state index < -0.39 is 0 Å². The highest BCUT2D eigenvalue weighted by molar-refractivity contribution is 5.54. The molecule has 23 heavy (non-hydrogen) atoms. The molecule has 5 heteroatoms. The highest BCUT2D eigenvalue weighted by atomic mass is 16.5. The van der Waals surface area contributed by atoms with E-state index in [1.807, 2.05) is 24.3 Å². The van der Waals surface area contributed by atoms with Gasteiger partial charge in [-0.1, -0.05) is 6.42 Å². The van der Waals surface area contributed by atoms with E-state index in [0.717, 1.165) is 49.4 Å². The highest BCUT2D eigenvalue weighted by Gasteiger charge is 2.26. The van der Waals surface area contributed by atoms with Crippen molar-refractivity contribution in [1.29, 1.82) is 0 Å². The SMILES string of the molecule is COc1ccc(-c2nc(CN(C)CC3CCCC3O)co2)cc1. The lowest BCUT2D eigenvalue weighted by molar-refractivity contribution is 0.107. The van der Waals surface area contributed by atoms with Crippen LogP contribution in [0.5, 0.6) is 5.75 Å². The first-order valence-electron chi connectivity index (χ1n) is 8.11. The van der Waals surface area contributed by atoms with Crippen molar-refractivity contribution < 1.29 is 14.3 Å². The van der Waals surface area contributed by atoms with Crippen molar-refractivity contribution in [3.05, 3.63) is 36.2 Å². The second-order valence-corrected chi connectivity index (χ2v) is 6.33. The molecule has 1 N–H and O–H groups in total. The molecule has 0 aliphatic heterocycles. The van der Waals surface area contributed by atoms with Crippen molar-refractivity contribution in [3.63, 3.8) is 0 Å². The maximum absolute atomic E-state index is 9.93. The number of aliphatic hydroxyl groups excluding tert-OH is 1. The minimum atomic E-state index is -0.149. The van der Waals surface area contributed by atoms with Gasteiger partial charge in [-0.25, -0.2) is 4.98 Å². The zero-order chi connectivity index (χ0) is 16.2. The maximum atomic E-state index is 9.93. The van der Waals surface area contributed by atoms with Gasteiger partial charge >= 0.3 is 0 Å². The number of oxazole rings is 1. The van der Waals surface area contributed by atoms with Gasteiger partial charge in [-0.2, -0.15) is 0 Å². The summed E-state index contributed by atoms with van der Waals surface area (Å²) in [5.74, 6) is 1.82. The molecule has 1 saturated carbocycles. The van der Waals surface area contributed by atoms with Gasteiger partial charge in [-0.05, 0) is 50.1 Å². The fourth-order valence-electron chi connectivity index (χ4n) is 3.22. The fraction of sp³-hybridized carbons (Fsp3) is 0.500. The van der Waals surface area contributed by atoms with Crippen LogP contribution in [-0.2, 0) is 6.54 Å². The van der Waals surface area contributed by atoms with Gasteiger partial charge < -0.3 is 19.2 Å². The van der Waals surface area contributed by atoms with Crippen LogP contribution >= 0.6 is 0 Å². The summed E-state index contributed by atoms with van der Waals surface area (Å²) in [7, 11) is 3.71. The average Bonchev–Trinajstić information content (AvgIpc) is 3.17. The molecule has 1 fully saturated rings. The first-order chi connectivity index (χ1) is 11.2. The van der Waals surface area contributed by atoms with E-state index in [4.69, 9.17) is 9.15 Å². The van der Waals surface area contributed by atoms with Crippen LogP contribution in [0.15, 0.2) is 34.9 Å². The van der Waals surface area contributed by atoms with Crippen LogP contribution in [0, 0.1) is 5.92 Å². The number of benzene rings is 1. The van der Waals surface area contributed by atoms with Gasteiger partial charge in [0, 0.05) is 18.7 Å². The number of ether oxygens (including phenoxy) is 1. The summed E-state index contributed by atoms with van der Waals surface area (Å²) in [5, 5.41) is 9.93. The second kappa shape index (κ2) is 7.15. The molecule has 1 aromatic carbocycles. The molecule has 2 aromatic rings. The zero-order valence-corrected chi connectivity index (χ0v) is 13.7. The van der Waals surface area contributed by atoms with Crippen LogP contribution in [0.2, 0.25) is 0 Å². The van der Waals surface area contributed by atoms with Gasteiger partial charge in [0.25, 0.3) is 0 Å². The Labute approximate surface area is 136 Å². The predicted octanol–water partition coefficient (Wildman–Crippen LogP) is 2.94. The summed E-state index contributed by atoms with van der Waals surface area (Å²) in [5.41, 5.74) is 1.84. The number of rotatable bonds is 6. The summed E-state index contributed by atoms with van der Waals surface area (Å²) in [6.07, 6.45) is 4.74. The summed E-state index contributed by atoms with van der Waals surface area (Å²) >= 11 is 0. The highest BCUT2D eigenvalue weighted by Crippen LogP contribution is 2.27. The topological polar surface area (TPSA) is 58.7 Å². The van der Waals surface area contributed by atoms with E-state index in [1.54, 1.807) is 13.4 Å². The quantitative estimate of drug-likeness (QED) is 0.888. The molecule has 1 heterocycles. The lowest BCUT2D eigenvalue weighted by Gasteiger charge is -2.22. The van der Waals surface area contributed by atoms with Crippen molar-refractivity contribution in [1.82, 2.24) is 9.88 Å². The fourth-order valence-corrected chi connectivity index (χ4v) is 3.22. The Balaban J connectivity index is 1.60. The molecule has 3 rings (SSSR count). The largest absolute Gasteiger partial charge is 0.497 e. The van der Waals surface area contributed by atoms with Crippen molar-refractivity contribution >= 4 is 0 Å². The summed E-state index contributed by atoms with van der Waals surface area (Å²) in [4.78, 5) is 6.76. The van der Waals surface area contributed by atoms with Crippen molar-refractivity contribution in [2.75, 3.05) is 20.7 Å². The molecule has 2 atom stereocenters. The van der Waals surface area contributed by atoms with Crippen molar-refractivity contribution in [2.24, 2.45) is 5.92 Å². The summed E-state index contributed by atoms with van der Waals surface area (Å²) < 4.78 is 10.7. The lowest BCUT2D eigenvalue weighted by Crippen LogP contribution is -2.29. The molecule has 1 aliphatic rings. The van der Waals surface area contributed by atoms with Crippen LogP contribution < -0.4 is 4.74 Å². The van der Waals surface area contributed by atoms with Crippen molar-refractivity contribution in [2.45, 2.75) is 31.9 Å². The van der Waals surface area contributed by atoms with Crippen LogP contribution in [0.3, 0.4) is 0 Å². The van der Waals surface area contributed by atoms with Gasteiger partial charge in [-0.3, -0.25) is 0 Å². The molecular weight excluding hydrogens is 292 g/mol. The molecule has 0 amide bonds. The Morgan fingerprint density at radius 1 is 1.30 bits per heavy atom. The predicted molar refractivity (Wildman–Crippen MR) is 88.2 cm³/mol. The molecular formula is C18H24N2O3. The van der Waals surface area contributed by atoms with Gasteiger partial charge in [-0.15, -0.1) is 0 Å². The molecule has 0 bridgehead atoms. The Bertz CT molecular complexity index is 623. The molecule has 0 radical (unpaired) electrons. The Hall–Kier alpha value is -1.85. The molecule has 0 saturated heterocycles. The van der Waals surface area contributed by atoms with Gasteiger partial charge in [0.15, 0.2) is 0 Å². The summed E-state index contributed by atoms with van der Waals surface area (Å²) in [6.45, 7) is 1.62. The number of hydrogen-bond acceptors (Lipinski definition) is 5. The molecule has 0 spiro atoms. The number of aliphatic hydroxyl groups is 1. The molecule has 1 aromatic heterocycles. The van der Waals surface area contributed by atoms with Gasteiger partial charge in [0.1, 0.15) is 12.0 Å². The number of aromatic nitrogens is 1. The van der Waals surface area contributed by atoms with Gasteiger partial charge in [0.05, 0.1) is 18.9 Å². The third-order valence-corrected chi connectivity index (χ3v) is 4.49. The van der Waals surface area contributed by atoms with Crippen LogP contribution in [0.25, 0.3) is 11.5 Å². The average molecular weight is 316 g/mol. The van der Waals surface area contributed by atoms with Gasteiger partial charge in [0.2, 0.25) is 5.89 Å². The first kappa shape index (κ1) is 16.0. The molecule has 1 aliphatic carbocycles. The van der Waals surface area contributed by atoms with Crippen LogP contribution in [0.4, 0.5) is 0 Å². The van der Waals surface area contributed by atoms with E-state index in [0.29, 0.717) is 11.8 Å². The minimum absolute atomic E-state index is 0.149. The smallest absolute Gasteiger partial charge is 0.226 e. The third-order valence-electron chi connectivity index (χ3n) is 4.49. The maximum Gasteiger partial charge on any atom is 0.226 e. The third kappa shape index (κ3) is 3.92. The summed E-state index contributed by atoms with van der Waals surface area (Å²) in [6, 6.07) is 7.67. The zero-order valence-electron chi connectivity index (χ0n) is 13.7. The lowest BCUT2D eigenvalue weighted by atomic mass is 10.1. The standard InChI is InChI=1S/C18H24N2O3/c1-20(10-14-4-3-5-17(14)21)11-15-12-23-18(19-15)13-6-8-16(22-2)9-7-13/h6-9,12,14,17,21H,3-5,10-11H2,1-2H3. The number of hydrogen-bond donors (Lipinski definition) is 1. The first-order valence-corrected chi connectivity index (χ1v) is 8.11. The van der Waals surface area contributed by atoms with E-state index in [2.05, 4.69) is 16.9 Å². The van der Waals surface area contributed by atoms with E-state index in [-0.39, 0.29) is 6.10 Å². The molecule has 124 valence electrons. The number of nitrogens with zero attached hydrogens (tertiary/aromatic N) is 2. The van der Waals surface area contributed by atoms with E-state index >= 15 is 0 Å². The number of methoxy groups -OCH3 is 1. The monoisotopic (exact) mass is 316 g/mol. The second-order valence-electron chi connectivity index (χ2n) is 6.33. The Morgan fingerprint density at radius 2 is 2.09 bits per heavy atom. The van der Waals surface area contributed by atoms with Crippen molar-refractivity contribution in [3.8, 4) is 17.2 Å². The Kier molecular flexibility index (Phi) is 4.98. The van der Waals surface area contributed by atoms with E-state index in [1.165, 1.54) is 0 Å². The minimum Gasteiger partial charge on any atom is -0.497 e. The Morgan fingerprint density at radius 3 is 2.74 bits per heavy atom. The van der Waals surface area contributed by atoms with Crippen LogP contribution in [-0.4, -0.2) is 41.8 Å². The normalized spacial score (nSPS) is 21.0. The molecule has 2 unspecified atom stereocenters. The van der Waals surface area contributed by atoms with Crippen LogP contribution in [0.1, 0.15) is 25.0 Å². The van der Waals surface area contributed by atoms with E-state index in [9.17, 15) is 5.11 Å². The molecule has 5 nitrogen and oxygen atoms in total.